The molecule has 0 aliphatic rings. The summed E-state index contributed by atoms with van der Waals surface area (Å²) >= 11 is 24.1. The van der Waals surface area contributed by atoms with Crippen LogP contribution in [-0.4, -0.2) is 39.5 Å². The molecule has 0 fully saturated rings. The van der Waals surface area contributed by atoms with Gasteiger partial charge in [0.25, 0.3) is 10.0 Å². The molecule has 3 aromatic rings. The fourth-order valence-corrected chi connectivity index (χ4v) is 4.83. The first kappa shape index (κ1) is 25.7. The number of sulfonamides is 1. The van der Waals surface area contributed by atoms with E-state index in [-0.39, 0.29) is 20.6 Å². The van der Waals surface area contributed by atoms with Gasteiger partial charge < -0.3 is 4.90 Å². The average molecular weight is 545 g/mol. The third kappa shape index (κ3) is 7.01. The van der Waals surface area contributed by atoms with Gasteiger partial charge in [0, 0.05) is 36.8 Å². The molecule has 0 atom stereocenters. The summed E-state index contributed by atoms with van der Waals surface area (Å²) in [5.41, 5.74) is 2.37. The van der Waals surface area contributed by atoms with Crippen molar-refractivity contribution in [2.45, 2.75) is 4.90 Å². The van der Waals surface area contributed by atoms with Gasteiger partial charge in [-0.1, -0.05) is 53.5 Å². The summed E-state index contributed by atoms with van der Waals surface area (Å²) in [6.45, 7) is 1.38. The van der Waals surface area contributed by atoms with Crippen LogP contribution < -0.4 is 9.62 Å². The van der Waals surface area contributed by atoms with Crippen molar-refractivity contribution in [2.24, 2.45) is 4.99 Å². The van der Waals surface area contributed by atoms with Crippen molar-refractivity contribution in [1.82, 2.24) is 0 Å². The Labute approximate surface area is 214 Å². The van der Waals surface area contributed by atoms with E-state index in [2.05, 4.69) is 14.6 Å². The highest BCUT2D eigenvalue weighted by Gasteiger charge is 2.17. The van der Waals surface area contributed by atoms with Gasteiger partial charge in [-0.15, -0.1) is 23.2 Å². The molecule has 0 aromatic heterocycles. The van der Waals surface area contributed by atoms with Crippen LogP contribution in [-0.2, 0) is 10.0 Å². The summed E-state index contributed by atoms with van der Waals surface area (Å²) in [4.78, 5) is 6.67. The Morgan fingerprint density at radius 1 is 0.879 bits per heavy atom. The molecule has 0 heterocycles. The predicted octanol–water partition coefficient (Wildman–Crippen LogP) is 6.83. The molecule has 0 aliphatic carbocycles. The predicted molar refractivity (Wildman–Crippen MR) is 141 cm³/mol. The zero-order valence-electron chi connectivity index (χ0n) is 17.4. The number of rotatable bonds is 10. The fourth-order valence-electron chi connectivity index (χ4n) is 3.02. The maximum atomic E-state index is 12.8. The summed E-state index contributed by atoms with van der Waals surface area (Å²) in [6, 6.07) is 18.7. The Bertz CT molecular complexity index is 1200. The van der Waals surface area contributed by atoms with Gasteiger partial charge in [-0.25, -0.2) is 8.42 Å². The van der Waals surface area contributed by atoms with E-state index in [0.29, 0.717) is 30.5 Å². The lowest BCUT2D eigenvalue weighted by Gasteiger charge is -2.22. The van der Waals surface area contributed by atoms with E-state index in [1.54, 1.807) is 24.4 Å². The first-order chi connectivity index (χ1) is 15.8. The average Bonchev–Trinajstić information content (AvgIpc) is 2.81. The number of halogens is 4. The molecular weight excluding hydrogens is 524 g/mol. The molecule has 0 saturated heterocycles. The normalized spacial score (nSPS) is 11.6. The standard InChI is InChI=1S/C23H21Cl4N3O2S/c24-10-12-30(13-11-25)18-8-6-17(7-9-18)16-28-22-14-20(26)21(27)15-23(22)29-33(31,32)19-4-2-1-3-5-19/h1-9,14-16,29H,10-13H2. The molecule has 0 unspecified atom stereocenters. The largest absolute Gasteiger partial charge is 0.369 e. The van der Waals surface area contributed by atoms with Crippen LogP contribution in [0.5, 0.6) is 0 Å². The number of aliphatic imine (C=N–C) groups is 1. The maximum Gasteiger partial charge on any atom is 0.261 e. The van der Waals surface area contributed by atoms with Crippen molar-refractivity contribution >= 4 is 79.7 Å². The third-order valence-corrected chi connectivity index (χ3v) is 7.10. The van der Waals surface area contributed by atoms with Crippen molar-refractivity contribution < 1.29 is 8.42 Å². The fraction of sp³-hybridized carbons (Fsp3) is 0.174. The highest BCUT2D eigenvalue weighted by atomic mass is 35.5. The molecular formula is C23H21Cl4N3O2S. The van der Waals surface area contributed by atoms with Gasteiger partial charge in [-0.2, -0.15) is 0 Å². The lowest BCUT2D eigenvalue weighted by molar-refractivity contribution is 0.601. The molecule has 0 spiro atoms. The van der Waals surface area contributed by atoms with Crippen molar-refractivity contribution in [1.29, 1.82) is 0 Å². The van der Waals surface area contributed by atoms with Crippen LogP contribution in [0.1, 0.15) is 5.56 Å². The number of nitrogens with one attached hydrogen (secondary N) is 1. The summed E-state index contributed by atoms with van der Waals surface area (Å²) in [5, 5.41) is 0.476. The number of benzene rings is 3. The van der Waals surface area contributed by atoms with Gasteiger partial charge in [0.15, 0.2) is 0 Å². The van der Waals surface area contributed by atoms with E-state index in [4.69, 9.17) is 46.4 Å². The molecule has 0 amide bonds. The van der Waals surface area contributed by atoms with E-state index in [9.17, 15) is 8.42 Å². The van der Waals surface area contributed by atoms with Gasteiger partial charge in [0.05, 0.1) is 26.3 Å². The number of alkyl halides is 2. The Morgan fingerprint density at radius 3 is 2.09 bits per heavy atom. The van der Waals surface area contributed by atoms with E-state index in [1.165, 1.54) is 24.3 Å². The summed E-state index contributed by atoms with van der Waals surface area (Å²) < 4.78 is 28.1. The summed E-state index contributed by atoms with van der Waals surface area (Å²) in [5.74, 6) is 0.998. The topological polar surface area (TPSA) is 61.8 Å². The Morgan fingerprint density at radius 2 is 1.48 bits per heavy atom. The van der Waals surface area contributed by atoms with Gasteiger partial charge >= 0.3 is 0 Å². The van der Waals surface area contributed by atoms with Gasteiger partial charge in [-0.3, -0.25) is 9.71 Å². The number of hydrogen-bond acceptors (Lipinski definition) is 4. The molecule has 10 heteroatoms. The molecule has 33 heavy (non-hydrogen) atoms. The first-order valence-electron chi connectivity index (χ1n) is 9.92. The Kier molecular flexibility index (Phi) is 9.29. The van der Waals surface area contributed by atoms with Gasteiger partial charge in [0.1, 0.15) is 0 Å². The van der Waals surface area contributed by atoms with Crippen molar-refractivity contribution in [3.05, 3.63) is 82.3 Å². The van der Waals surface area contributed by atoms with E-state index in [1.807, 2.05) is 24.3 Å². The number of nitrogens with zero attached hydrogens (tertiary/aromatic N) is 2. The zero-order chi connectivity index (χ0) is 23.8. The van der Waals surface area contributed by atoms with Gasteiger partial charge in [-0.05, 0) is 42.0 Å². The molecule has 3 rings (SSSR count). The second-order valence-corrected chi connectivity index (χ2v) is 10.2. The smallest absolute Gasteiger partial charge is 0.261 e. The highest BCUT2D eigenvalue weighted by Crippen LogP contribution is 2.35. The molecule has 0 aliphatic heterocycles. The Balaban J connectivity index is 1.87. The molecule has 1 N–H and O–H groups in total. The van der Waals surface area contributed by atoms with E-state index >= 15 is 0 Å². The second-order valence-electron chi connectivity index (χ2n) is 6.92. The minimum Gasteiger partial charge on any atom is -0.369 e. The number of hydrogen-bond donors (Lipinski definition) is 1. The van der Waals surface area contributed by atoms with Crippen LogP contribution >= 0.6 is 46.4 Å². The molecule has 0 saturated carbocycles. The zero-order valence-corrected chi connectivity index (χ0v) is 21.2. The molecule has 5 nitrogen and oxygen atoms in total. The van der Waals surface area contributed by atoms with E-state index in [0.717, 1.165) is 11.3 Å². The minimum atomic E-state index is -3.83. The maximum absolute atomic E-state index is 12.8. The molecule has 0 bridgehead atoms. The second kappa shape index (κ2) is 12.0. The van der Waals surface area contributed by atoms with Crippen molar-refractivity contribution in [2.75, 3.05) is 34.5 Å². The van der Waals surface area contributed by atoms with Crippen LogP contribution in [0.15, 0.2) is 76.6 Å². The van der Waals surface area contributed by atoms with Crippen molar-refractivity contribution in [3.8, 4) is 0 Å². The van der Waals surface area contributed by atoms with Crippen LogP contribution in [0.3, 0.4) is 0 Å². The Hall–Kier alpha value is -1.96. The van der Waals surface area contributed by atoms with Crippen LogP contribution in [0.25, 0.3) is 0 Å². The summed E-state index contributed by atoms with van der Waals surface area (Å²) in [7, 11) is -3.83. The number of anilines is 2. The minimum absolute atomic E-state index is 0.125. The van der Waals surface area contributed by atoms with Crippen molar-refractivity contribution in [3.63, 3.8) is 0 Å². The molecule has 0 radical (unpaired) electrons. The third-order valence-electron chi connectivity index (χ3n) is 4.66. The first-order valence-corrected chi connectivity index (χ1v) is 13.2. The van der Waals surface area contributed by atoms with Gasteiger partial charge in [0.2, 0.25) is 0 Å². The monoisotopic (exact) mass is 543 g/mol. The lowest BCUT2D eigenvalue weighted by atomic mass is 10.2. The quantitative estimate of drug-likeness (QED) is 0.225. The highest BCUT2D eigenvalue weighted by molar-refractivity contribution is 7.92. The van der Waals surface area contributed by atoms with Crippen LogP contribution in [0.4, 0.5) is 17.1 Å². The van der Waals surface area contributed by atoms with Crippen LogP contribution in [0, 0.1) is 0 Å². The van der Waals surface area contributed by atoms with Crippen LogP contribution in [0.2, 0.25) is 10.0 Å². The van der Waals surface area contributed by atoms with E-state index < -0.39 is 10.0 Å². The molecule has 174 valence electrons. The SMILES string of the molecule is O=S(=O)(Nc1cc(Cl)c(Cl)cc1N=Cc1ccc(N(CCCl)CCCl)cc1)c1ccccc1. The molecule has 3 aromatic carbocycles. The lowest BCUT2D eigenvalue weighted by Crippen LogP contribution is -2.27. The summed E-state index contributed by atoms with van der Waals surface area (Å²) in [6.07, 6.45) is 1.62.